The molecule has 2 aromatic carbocycles. The highest BCUT2D eigenvalue weighted by molar-refractivity contribution is 7.90. The maximum atomic E-state index is 11.5. The van der Waals surface area contributed by atoms with E-state index in [9.17, 15) is 13.5 Å². The van der Waals surface area contributed by atoms with E-state index in [4.69, 9.17) is 11.6 Å². The second-order valence-corrected chi connectivity index (χ2v) is 7.77. The van der Waals surface area contributed by atoms with Gasteiger partial charge in [-0.25, -0.2) is 13.4 Å². The van der Waals surface area contributed by atoms with E-state index < -0.39 is 16.1 Å². The number of rotatable bonds is 3. The standard InChI is InChI=1S/C16H15ClN2O3S/c1-23(21,22)14-8-2-11(3-9-14)16-18-15(20)10-19(16)13-6-4-12(17)5-7-13/h2-9,15,20H,10H2,1H3. The van der Waals surface area contributed by atoms with Crippen molar-refractivity contribution in [2.45, 2.75) is 11.1 Å². The predicted molar refractivity (Wildman–Crippen MR) is 90.9 cm³/mol. The summed E-state index contributed by atoms with van der Waals surface area (Å²) in [7, 11) is -3.24. The molecule has 5 nitrogen and oxygen atoms in total. The van der Waals surface area contributed by atoms with Crippen LogP contribution in [0.1, 0.15) is 5.56 Å². The molecule has 1 unspecified atom stereocenters. The molecule has 23 heavy (non-hydrogen) atoms. The Balaban J connectivity index is 1.96. The first kappa shape index (κ1) is 16.0. The number of benzene rings is 2. The molecule has 0 aliphatic carbocycles. The normalized spacial score (nSPS) is 18.1. The molecule has 1 heterocycles. The van der Waals surface area contributed by atoms with E-state index in [1.807, 2.05) is 17.0 Å². The predicted octanol–water partition coefficient (Wildman–Crippen LogP) is 2.33. The zero-order valence-corrected chi connectivity index (χ0v) is 13.9. The van der Waals surface area contributed by atoms with Gasteiger partial charge in [-0.15, -0.1) is 0 Å². The first-order chi connectivity index (χ1) is 10.8. The molecule has 0 saturated heterocycles. The molecule has 0 bridgehead atoms. The first-order valence-electron chi connectivity index (χ1n) is 6.94. The van der Waals surface area contributed by atoms with Gasteiger partial charge in [0.2, 0.25) is 0 Å². The first-order valence-corrected chi connectivity index (χ1v) is 9.21. The van der Waals surface area contributed by atoms with Gasteiger partial charge in [0, 0.05) is 22.5 Å². The van der Waals surface area contributed by atoms with Crippen molar-refractivity contribution in [3.63, 3.8) is 0 Å². The number of hydrogen-bond acceptors (Lipinski definition) is 5. The SMILES string of the molecule is CS(=O)(=O)c1ccc(C2=NC(O)CN2c2ccc(Cl)cc2)cc1. The summed E-state index contributed by atoms with van der Waals surface area (Å²) < 4.78 is 23.1. The van der Waals surface area contributed by atoms with Gasteiger partial charge < -0.3 is 10.0 Å². The molecule has 1 N–H and O–H groups in total. The Bertz CT molecular complexity index is 846. The third-order valence-corrected chi connectivity index (χ3v) is 4.93. The second kappa shape index (κ2) is 5.96. The molecule has 7 heteroatoms. The summed E-state index contributed by atoms with van der Waals surface area (Å²) in [6.07, 6.45) is 0.342. The van der Waals surface area contributed by atoms with Gasteiger partial charge in [0.1, 0.15) is 5.84 Å². The van der Waals surface area contributed by atoms with Crippen LogP contribution >= 0.6 is 11.6 Å². The molecule has 0 fully saturated rings. The summed E-state index contributed by atoms with van der Waals surface area (Å²) >= 11 is 5.91. The van der Waals surface area contributed by atoms with Crippen molar-refractivity contribution >= 4 is 33.0 Å². The lowest BCUT2D eigenvalue weighted by Crippen LogP contribution is -2.29. The number of sulfone groups is 1. The Kier molecular flexibility index (Phi) is 4.14. The van der Waals surface area contributed by atoms with E-state index in [-0.39, 0.29) is 4.90 Å². The second-order valence-electron chi connectivity index (χ2n) is 5.32. The highest BCUT2D eigenvalue weighted by atomic mass is 35.5. The fraction of sp³-hybridized carbons (Fsp3) is 0.188. The summed E-state index contributed by atoms with van der Waals surface area (Å²) in [5.74, 6) is 0.597. The van der Waals surface area contributed by atoms with E-state index in [0.29, 0.717) is 17.4 Å². The summed E-state index contributed by atoms with van der Waals surface area (Å²) in [5, 5.41) is 10.5. The van der Waals surface area contributed by atoms with Crippen LogP contribution < -0.4 is 4.90 Å². The van der Waals surface area contributed by atoms with Crippen molar-refractivity contribution in [3.8, 4) is 0 Å². The fourth-order valence-corrected chi connectivity index (χ4v) is 3.19. The molecule has 0 radical (unpaired) electrons. The summed E-state index contributed by atoms with van der Waals surface area (Å²) in [6.45, 7) is 0.338. The maximum Gasteiger partial charge on any atom is 0.175 e. The van der Waals surface area contributed by atoms with Crippen LogP contribution in [0.4, 0.5) is 5.69 Å². The average Bonchev–Trinajstić information content (AvgIpc) is 2.89. The van der Waals surface area contributed by atoms with Crippen LogP contribution in [0.25, 0.3) is 0 Å². The van der Waals surface area contributed by atoms with Gasteiger partial charge in [-0.3, -0.25) is 0 Å². The van der Waals surface area contributed by atoms with Crippen LogP contribution in [0.2, 0.25) is 5.02 Å². The number of anilines is 1. The van der Waals surface area contributed by atoms with Crippen LogP contribution in [0.15, 0.2) is 58.4 Å². The van der Waals surface area contributed by atoms with Gasteiger partial charge in [0.15, 0.2) is 16.1 Å². The van der Waals surface area contributed by atoms with Crippen LogP contribution in [0.3, 0.4) is 0 Å². The van der Waals surface area contributed by atoms with Gasteiger partial charge in [-0.05, 0) is 48.5 Å². The van der Waals surface area contributed by atoms with Crippen molar-refractivity contribution in [1.29, 1.82) is 0 Å². The Morgan fingerprint density at radius 1 is 1.13 bits per heavy atom. The third-order valence-electron chi connectivity index (χ3n) is 3.55. The molecule has 0 saturated carbocycles. The Morgan fingerprint density at radius 2 is 1.74 bits per heavy atom. The third kappa shape index (κ3) is 3.39. The smallest absolute Gasteiger partial charge is 0.175 e. The molecule has 2 aromatic rings. The van der Waals surface area contributed by atoms with Crippen molar-refractivity contribution in [2.24, 2.45) is 4.99 Å². The van der Waals surface area contributed by atoms with Gasteiger partial charge >= 0.3 is 0 Å². The van der Waals surface area contributed by atoms with Crippen LogP contribution in [-0.4, -0.2) is 38.4 Å². The lowest BCUT2D eigenvalue weighted by atomic mass is 10.2. The Labute approximate surface area is 139 Å². The van der Waals surface area contributed by atoms with Gasteiger partial charge in [0.25, 0.3) is 0 Å². The van der Waals surface area contributed by atoms with Gasteiger partial charge in [-0.1, -0.05) is 11.6 Å². The van der Waals surface area contributed by atoms with E-state index in [1.54, 1.807) is 24.3 Å². The van der Waals surface area contributed by atoms with E-state index in [2.05, 4.69) is 4.99 Å². The van der Waals surface area contributed by atoms with E-state index in [1.165, 1.54) is 18.4 Å². The number of nitrogens with zero attached hydrogens (tertiary/aromatic N) is 2. The fourth-order valence-electron chi connectivity index (χ4n) is 2.43. The summed E-state index contributed by atoms with van der Waals surface area (Å²) in [6, 6.07) is 13.7. The van der Waals surface area contributed by atoms with Crippen LogP contribution in [0, 0.1) is 0 Å². The summed E-state index contributed by atoms with van der Waals surface area (Å²) in [4.78, 5) is 6.37. The lowest BCUT2D eigenvalue weighted by Gasteiger charge is -2.21. The average molecular weight is 351 g/mol. The number of aliphatic imine (C=N–C) groups is 1. The number of β-amino-alcohol motifs (C(OH)–C–C–N with tert-alkyl or cyclic N) is 1. The molecular weight excluding hydrogens is 336 g/mol. The highest BCUT2D eigenvalue weighted by Gasteiger charge is 2.26. The molecule has 3 rings (SSSR count). The number of halogens is 1. The van der Waals surface area contributed by atoms with Crippen LogP contribution in [0.5, 0.6) is 0 Å². The maximum absolute atomic E-state index is 11.5. The topological polar surface area (TPSA) is 70.0 Å². The van der Waals surface area contributed by atoms with Gasteiger partial charge in [0.05, 0.1) is 11.4 Å². The van der Waals surface area contributed by atoms with Gasteiger partial charge in [-0.2, -0.15) is 0 Å². The molecule has 1 aliphatic heterocycles. The molecule has 1 aliphatic rings. The highest BCUT2D eigenvalue weighted by Crippen LogP contribution is 2.25. The number of hydrogen-bond donors (Lipinski definition) is 1. The molecule has 120 valence electrons. The molecule has 0 spiro atoms. The Morgan fingerprint density at radius 3 is 2.30 bits per heavy atom. The number of aliphatic hydroxyl groups excluding tert-OH is 1. The summed E-state index contributed by atoms with van der Waals surface area (Å²) in [5.41, 5.74) is 1.60. The molecule has 0 amide bonds. The molecule has 1 atom stereocenters. The largest absolute Gasteiger partial charge is 0.370 e. The molecular formula is C16H15ClN2O3S. The minimum absolute atomic E-state index is 0.249. The minimum atomic E-state index is -3.24. The number of aliphatic hydroxyl groups is 1. The minimum Gasteiger partial charge on any atom is -0.370 e. The monoisotopic (exact) mass is 350 g/mol. The van der Waals surface area contributed by atoms with Crippen molar-refractivity contribution in [3.05, 3.63) is 59.1 Å². The lowest BCUT2D eigenvalue weighted by molar-refractivity contribution is 0.202. The van der Waals surface area contributed by atoms with Crippen molar-refractivity contribution in [1.82, 2.24) is 0 Å². The zero-order chi connectivity index (χ0) is 16.6. The van der Waals surface area contributed by atoms with E-state index in [0.717, 1.165) is 11.3 Å². The van der Waals surface area contributed by atoms with Crippen LogP contribution in [-0.2, 0) is 9.84 Å². The zero-order valence-electron chi connectivity index (χ0n) is 12.3. The molecule has 0 aromatic heterocycles. The van der Waals surface area contributed by atoms with Crippen molar-refractivity contribution in [2.75, 3.05) is 17.7 Å². The Hall–Kier alpha value is -1.89. The number of amidine groups is 1. The van der Waals surface area contributed by atoms with E-state index >= 15 is 0 Å². The van der Waals surface area contributed by atoms with Crippen molar-refractivity contribution < 1.29 is 13.5 Å². The quantitative estimate of drug-likeness (QED) is 0.922.